The summed E-state index contributed by atoms with van der Waals surface area (Å²) >= 11 is 5.70. The molecule has 3 nitrogen and oxygen atoms in total. The van der Waals surface area contributed by atoms with Crippen molar-refractivity contribution in [3.05, 3.63) is 29.3 Å². The molecule has 0 fully saturated rings. The lowest BCUT2D eigenvalue weighted by molar-refractivity contribution is -0.121. The first-order chi connectivity index (χ1) is 6.95. The van der Waals surface area contributed by atoms with Crippen LogP contribution in [0.25, 0.3) is 0 Å². The monoisotopic (exact) mass is 222 g/mol. The van der Waals surface area contributed by atoms with E-state index in [2.05, 4.69) is 5.32 Å². The van der Waals surface area contributed by atoms with E-state index in [0.717, 1.165) is 0 Å². The smallest absolute Gasteiger partial charge is 0.244 e. The summed E-state index contributed by atoms with van der Waals surface area (Å²) < 4.78 is 0. The Hall–Kier alpha value is -1.53. The molecule has 78 valence electrons. The van der Waals surface area contributed by atoms with Crippen molar-refractivity contribution in [1.29, 1.82) is 5.26 Å². The number of nitrogens with one attached hydrogen (secondary N) is 1. The van der Waals surface area contributed by atoms with E-state index in [1.165, 1.54) is 0 Å². The molecule has 0 bridgehead atoms. The number of anilines is 1. The highest BCUT2D eigenvalue weighted by atomic mass is 35.5. The first kappa shape index (κ1) is 11.5. The number of halogens is 1. The van der Waals surface area contributed by atoms with Gasteiger partial charge in [0.15, 0.2) is 0 Å². The van der Waals surface area contributed by atoms with Crippen LogP contribution in [0, 0.1) is 16.7 Å². The topological polar surface area (TPSA) is 52.9 Å². The Balaban J connectivity index is 2.76. The minimum atomic E-state index is -1.03. The average molecular weight is 223 g/mol. The zero-order chi connectivity index (χ0) is 11.5. The van der Waals surface area contributed by atoms with Crippen molar-refractivity contribution in [2.24, 2.45) is 5.41 Å². The number of rotatable bonds is 2. The van der Waals surface area contributed by atoms with Gasteiger partial charge in [0, 0.05) is 10.7 Å². The van der Waals surface area contributed by atoms with Gasteiger partial charge in [-0.1, -0.05) is 11.6 Å². The van der Waals surface area contributed by atoms with Gasteiger partial charge in [-0.15, -0.1) is 0 Å². The third-order valence-corrected chi connectivity index (χ3v) is 2.20. The van der Waals surface area contributed by atoms with Crippen LogP contribution in [-0.4, -0.2) is 5.91 Å². The van der Waals surface area contributed by atoms with Gasteiger partial charge >= 0.3 is 0 Å². The van der Waals surface area contributed by atoms with Gasteiger partial charge in [0.05, 0.1) is 6.07 Å². The first-order valence-corrected chi connectivity index (χ1v) is 4.82. The number of hydrogen-bond donors (Lipinski definition) is 1. The summed E-state index contributed by atoms with van der Waals surface area (Å²) in [6.45, 7) is 3.14. The second-order valence-corrected chi connectivity index (χ2v) is 4.13. The van der Waals surface area contributed by atoms with Gasteiger partial charge in [0.2, 0.25) is 5.91 Å². The molecule has 1 aromatic rings. The van der Waals surface area contributed by atoms with Crippen LogP contribution in [0.1, 0.15) is 13.8 Å². The van der Waals surface area contributed by atoms with Gasteiger partial charge in [-0.3, -0.25) is 4.79 Å². The van der Waals surface area contributed by atoms with E-state index in [9.17, 15) is 4.79 Å². The molecule has 1 rings (SSSR count). The predicted octanol–water partition coefficient (Wildman–Crippen LogP) is 2.83. The fourth-order valence-corrected chi connectivity index (χ4v) is 0.997. The van der Waals surface area contributed by atoms with Gasteiger partial charge in [-0.05, 0) is 38.1 Å². The van der Waals surface area contributed by atoms with Crippen molar-refractivity contribution in [1.82, 2.24) is 0 Å². The maximum absolute atomic E-state index is 11.6. The summed E-state index contributed by atoms with van der Waals surface area (Å²) in [4.78, 5) is 11.6. The summed E-state index contributed by atoms with van der Waals surface area (Å²) in [5.41, 5.74) is -0.396. The maximum atomic E-state index is 11.6. The molecule has 0 aromatic heterocycles. The van der Waals surface area contributed by atoms with Crippen LogP contribution in [0.15, 0.2) is 24.3 Å². The van der Waals surface area contributed by atoms with Crippen LogP contribution < -0.4 is 5.32 Å². The third-order valence-electron chi connectivity index (χ3n) is 1.95. The second kappa shape index (κ2) is 4.33. The standard InChI is InChI=1S/C11H11ClN2O/c1-11(2,7-13)10(15)14-9-5-3-8(12)4-6-9/h3-6H,1-2H3,(H,14,15). The molecule has 1 aromatic carbocycles. The molecule has 1 amide bonds. The van der Waals surface area contributed by atoms with Crippen molar-refractivity contribution in [3.63, 3.8) is 0 Å². The quantitative estimate of drug-likeness (QED) is 0.837. The number of amides is 1. The fourth-order valence-electron chi connectivity index (χ4n) is 0.871. The Morgan fingerprint density at radius 1 is 1.40 bits per heavy atom. The normalized spacial score (nSPS) is 10.5. The van der Waals surface area contributed by atoms with Crippen LogP contribution in [0.5, 0.6) is 0 Å². The van der Waals surface area contributed by atoms with Crippen LogP contribution in [0.3, 0.4) is 0 Å². The zero-order valence-electron chi connectivity index (χ0n) is 8.54. The molecule has 0 saturated carbocycles. The van der Waals surface area contributed by atoms with Crippen LogP contribution >= 0.6 is 11.6 Å². The predicted molar refractivity (Wildman–Crippen MR) is 59.5 cm³/mol. The molecule has 0 atom stereocenters. The summed E-state index contributed by atoms with van der Waals surface area (Å²) in [7, 11) is 0. The Kier molecular flexibility index (Phi) is 3.33. The molecule has 0 heterocycles. The van der Waals surface area contributed by atoms with Crippen LogP contribution in [-0.2, 0) is 4.79 Å². The largest absolute Gasteiger partial charge is 0.325 e. The molecule has 0 aliphatic rings. The Morgan fingerprint density at radius 3 is 2.40 bits per heavy atom. The molecule has 0 aliphatic carbocycles. The zero-order valence-corrected chi connectivity index (χ0v) is 9.30. The molecule has 0 unspecified atom stereocenters. The van der Waals surface area contributed by atoms with E-state index in [0.29, 0.717) is 10.7 Å². The molecule has 0 spiro atoms. The summed E-state index contributed by atoms with van der Waals surface area (Å²) in [6.07, 6.45) is 0. The van der Waals surface area contributed by atoms with Gasteiger partial charge in [0.1, 0.15) is 5.41 Å². The third kappa shape index (κ3) is 2.97. The van der Waals surface area contributed by atoms with E-state index in [1.807, 2.05) is 6.07 Å². The molecule has 0 radical (unpaired) electrons. The average Bonchev–Trinajstić information content (AvgIpc) is 2.21. The van der Waals surface area contributed by atoms with Crippen molar-refractivity contribution < 1.29 is 4.79 Å². The number of carbonyl (C=O) groups excluding carboxylic acids is 1. The van der Waals surface area contributed by atoms with Crippen molar-refractivity contribution in [2.45, 2.75) is 13.8 Å². The first-order valence-electron chi connectivity index (χ1n) is 4.44. The van der Waals surface area contributed by atoms with Gasteiger partial charge in [-0.2, -0.15) is 5.26 Å². The molecular weight excluding hydrogens is 212 g/mol. The highest BCUT2D eigenvalue weighted by Gasteiger charge is 2.26. The summed E-state index contributed by atoms with van der Waals surface area (Å²) in [5.74, 6) is -0.327. The summed E-state index contributed by atoms with van der Waals surface area (Å²) in [5, 5.41) is 12.0. The van der Waals surface area contributed by atoms with E-state index in [-0.39, 0.29) is 5.91 Å². The minimum absolute atomic E-state index is 0.327. The van der Waals surface area contributed by atoms with E-state index >= 15 is 0 Å². The molecule has 1 N–H and O–H groups in total. The fraction of sp³-hybridized carbons (Fsp3) is 0.273. The Morgan fingerprint density at radius 2 is 1.93 bits per heavy atom. The number of hydrogen-bond acceptors (Lipinski definition) is 2. The lowest BCUT2D eigenvalue weighted by Crippen LogP contribution is -2.29. The van der Waals surface area contributed by atoms with E-state index in [1.54, 1.807) is 38.1 Å². The lowest BCUT2D eigenvalue weighted by Gasteiger charge is -2.14. The van der Waals surface area contributed by atoms with Crippen LogP contribution in [0.2, 0.25) is 5.02 Å². The maximum Gasteiger partial charge on any atom is 0.244 e. The molecule has 0 saturated heterocycles. The Bertz CT molecular complexity index is 404. The highest BCUT2D eigenvalue weighted by Crippen LogP contribution is 2.18. The van der Waals surface area contributed by atoms with Crippen molar-refractivity contribution in [3.8, 4) is 6.07 Å². The SMILES string of the molecule is CC(C)(C#N)C(=O)Nc1ccc(Cl)cc1. The van der Waals surface area contributed by atoms with E-state index < -0.39 is 5.41 Å². The Labute approximate surface area is 93.7 Å². The molecule has 4 heteroatoms. The number of nitriles is 1. The highest BCUT2D eigenvalue weighted by molar-refractivity contribution is 6.30. The number of carbonyl (C=O) groups is 1. The van der Waals surface area contributed by atoms with Gasteiger partial charge in [0.25, 0.3) is 0 Å². The van der Waals surface area contributed by atoms with Crippen LogP contribution in [0.4, 0.5) is 5.69 Å². The molecule has 0 aliphatic heterocycles. The van der Waals surface area contributed by atoms with Crippen molar-refractivity contribution in [2.75, 3.05) is 5.32 Å². The summed E-state index contributed by atoms with van der Waals surface area (Å²) in [6, 6.07) is 8.67. The molecule has 15 heavy (non-hydrogen) atoms. The minimum Gasteiger partial charge on any atom is -0.325 e. The van der Waals surface area contributed by atoms with E-state index in [4.69, 9.17) is 16.9 Å². The van der Waals surface area contributed by atoms with Gasteiger partial charge in [-0.25, -0.2) is 0 Å². The number of benzene rings is 1. The number of nitrogens with zero attached hydrogens (tertiary/aromatic N) is 1. The van der Waals surface area contributed by atoms with Gasteiger partial charge < -0.3 is 5.32 Å². The second-order valence-electron chi connectivity index (χ2n) is 3.70. The molecular formula is C11H11ClN2O. The lowest BCUT2D eigenvalue weighted by atomic mass is 9.95. The van der Waals surface area contributed by atoms with Crippen molar-refractivity contribution >= 4 is 23.2 Å².